The zero-order chi connectivity index (χ0) is 12.0. The molecule has 0 bridgehead atoms. The first-order valence-electron chi connectivity index (χ1n) is 6.24. The molecule has 16 heavy (non-hydrogen) atoms. The molecule has 1 atom stereocenters. The first-order chi connectivity index (χ1) is 7.63. The van der Waals surface area contributed by atoms with Gasteiger partial charge < -0.3 is 15.2 Å². The van der Waals surface area contributed by atoms with Crippen LogP contribution < -0.4 is 5.32 Å². The number of amides is 1. The number of nitrogens with one attached hydrogen (secondary N) is 1. The molecule has 94 valence electrons. The Kier molecular flexibility index (Phi) is 5.77. The van der Waals surface area contributed by atoms with Gasteiger partial charge in [-0.05, 0) is 39.0 Å². The highest BCUT2D eigenvalue weighted by atomic mass is 16.5. The van der Waals surface area contributed by atoms with Gasteiger partial charge >= 0.3 is 0 Å². The van der Waals surface area contributed by atoms with Gasteiger partial charge in [0.25, 0.3) is 0 Å². The van der Waals surface area contributed by atoms with Gasteiger partial charge in [-0.2, -0.15) is 0 Å². The van der Waals surface area contributed by atoms with Crippen LogP contribution in [0, 0.1) is 0 Å². The molecule has 1 unspecified atom stereocenters. The molecule has 0 aromatic carbocycles. The number of aliphatic hydroxyl groups is 1. The fraction of sp³-hybridized carbons (Fsp3) is 0.917. The summed E-state index contributed by atoms with van der Waals surface area (Å²) in [6.45, 7) is 4.51. The summed E-state index contributed by atoms with van der Waals surface area (Å²) >= 11 is 0. The Balaban J connectivity index is 2.22. The Morgan fingerprint density at radius 1 is 1.44 bits per heavy atom. The molecule has 1 amide bonds. The van der Waals surface area contributed by atoms with Gasteiger partial charge in [-0.15, -0.1) is 0 Å². The van der Waals surface area contributed by atoms with E-state index in [1.165, 1.54) is 0 Å². The molecule has 4 nitrogen and oxygen atoms in total. The lowest BCUT2D eigenvalue weighted by Gasteiger charge is -2.27. The maximum Gasteiger partial charge on any atom is 0.248 e. The standard InChI is InChI=1S/C12H23NO3/c1-3-8-13-12(15)9(2)16-11-6-4-10(14)5-7-11/h9-11,14H,3-8H2,1-2H3,(H,13,15). The second-order valence-electron chi connectivity index (χ2n) is 4.50. The van der Waals surface area contributed by atoms with Gasteiger partial charge in [-0.1, -0.05) is 6.92 Å². The Labute approximate surface area is 97.4 Å². The topological polar surface area (TPSA) is 58.6 Å². The van der Waals surface area contributed by atoms with E-state index in [0.717, 1.165) is 32.1 Å². The highest BCUT2D eigenvalue weighted by molar-refractivity contribution is 5.80. The van der Waals surface area contributed by atoms with Crippen molar-refractivity contribution >= 4 is 5.91 Å². The number of hydrogen-bond donors (Lipinski definition) is 2. The van der Waals surface area contributed by atoms with Gasteiger partial charge in [-0.25, -0.2) is 0 Å². The largest absolute Gasteiger partial charge is 0.393 e. The minimum atomic E-state index is -0.383. The maximum absolute atomic E-state index is 11.6. The first-order valence-corrected chi connectivity index (χ1v) is 6.24. The lowest BCUT2D eigenvalue weighted by molar-refractivity contribution is -0.137. The van der Waals surface area contributed by atoms with Crippen LogP contribution in [-0.2, 0) is 9.53 Å². The van der Waals surface area contributed by atoms with Gasteiger partial charge in [0.15, 0.2) is 0 Å². The maximum atomic E-state index is 11.6. The SMILES string of the molecule is CCCNC(=O)C(C)OC1CCC(O)CC1. The molecule has 0 aliphatic heterocycles. The Hall–Kier alpha value is -0.610. The van der Waals surface area contributed by atoms with Crippen LogP contribution in [0.15, 0.2) is 0 Å². The zero-order valence-corrected chi connectivity index (χ0v) is 10.2. The summed E-state index contributed by atoms with van der Waals surface area (Å²) in [4.78, 5) is 11.6. The first kappa shape index (κ1) is 13.5. The molecule has 1 aliphatic rings. The molecule has 1 saturated carbocycles. The number of ether oxygens (including phenoxy) is 1. The van der Waals surface area contributed by atoms with E-state index < -0.39 is 0 Å². The van der Waals surface area contributed by atoms with Crippen LogP contribution in [0.1, 0.15) is 46.0 Å². The Morgan fingerprint density at radius 3 is 2.62 bits per heavy atom. The van der Waals surface area contributed by atoms with Crippen molar-refractivity contribution < 1.29 is 14.6 Å². The fourth-order valence-electron chi connectivity index (χ4n) is 1.92. The minimum absolute atomic E-state index is 0.0343. The van der Waals surface area contributed by atoms with Gasteiger partial charge in [0, 0.05) is 6.54 Å². The summed E-state index contributed by atoms with van der Waals surface area (Å²) in [5.74, 6) is -0.0343. The average Bonchev–Trinajstić information content (AvgIpc) is 2.29. The summed E-state index contributed by atoms with van der Waals surface area (Å²) in [6, 6.07) is 0. The third-order valence-corrected chi connectivity index (χ3v) is 2.96. The van der Waals surface area contributed by atoms with Gasteiger partial charge in [0.1, 0.15) is 6.10 Å². The van der Waals surface area contributed by atoms with Crippen LogP contribution in [-0.4, -0.2) is 35.9 Å². The van der Waals surface area contributed by atoms with Crippen molar-refractivity contribution in [2.24, 2.45) is 0 Å². The van der Waals surface area contributed by atoms with Crippen LogP contribution in [0.2, 0.25) is 0 Å². The molecule has 0 aromatic rings. The molecule has 0 spiro atoms. The second kappa shape index (κ2) is 6.86. The summed E-state index contributed by atoms with van der Waals surface area (Å²) in [6.07, 6.45) is 3.79. The molecule has 0 aromatic heterocycles. The lowest BCUT2D eigenvalue weighted by atomic mass is 9.95. The summed E-state index contributed by atoms with van der Waals surface area (Å²) < 4.78 is 5.68. The van der Waals surface area contributed by atoms with E-state index in [1.807, 2.05) is 6.92 Å². The highest BCUT2D eigenvalue weighted by Gasteiger charge is 2.23. The van der Waals surface area contributed by atoms with Crippen molar-refractivity contribution in [1.82, 2.24) is 5.32 Å². The van der Waals surface area contributed by atoms with Crippen LogP contribution >= 0.6 is 0 Å². The van der Waals surface area contributed by atoms with E-state index in [9.17, 15) is 9.90 Å². The van der Waals surface area contributed by atoms with Crippen LogP contribution in [0.25, 0.3) is 0 Å². The number of carbonyl (C=O) groups is 1. The molecule has 2 N–H and O–H groups in total. The van der Waals surface area contributed by atoms with Crippen LogP contribution in [0.3, 0.4) is 0 Å². The fourth-order valence-corrected chi connectivity index (χ4v) is 1.92. The number of rotatable bonds is 5. The van der Waals surface area contributed by atoms with Crippen molar-refractivity contribution in [2.75, 3.05) is 6.54 Å². The number of carbonyl (C=O) groups excluding carboxylic acids is 1. The average molecular weight is 229 g/mol. The third-order valence-electron chi connectivity index (χ3n) is 2.96. The second-order valence-corrected chi connectivity index (χ2v) is 4.50. The predicted molar refractivity (Wildman–Crippen MR) is 62.1 cm³/mol. The quantitative estimate of drug-likeness (QED) is 0.745. The van der Waals surface area contributed by atoms with Crippen LogP contribution in [0.4, 0.5) is 0 Å². The van der Waals surface area contributed by atoms with Gasteiger partial charge in [0.05, 0.1) is 12.2 Å². The van der Waals surface area contributed by atoms with Crippen LogP contribution in [0.5, 0.6) is 0 Å². The van der Waals surface area contributed by atoms with E-state index in [4.69, 9.17) is 4.74 Å². The van der Waals surface area contributed by atoms with Gasteiger partial charge in [0.2, 0.25) is 5.91 Å². The number of aliphatic hydroxyl groups excluding tert-OH is 1. The van der Waals surface area contributed by atoms with E-state index in [1.54, 1.807) is 6.92 Å². The van der Waals surface area contributed by atoms with Crippen molar-refractivity contribution in [3.8, 4) is 0 Å². The lowest BCUT2D eigenvalue weighted by Crippen LogP contribution is -2.38. The monoisotopic (exact) mass is 229 g/mol. The molecule has 1 aliphatic carbocycles. The molecule has 1 fully saturated rings. The molecule has 1 rings (SSSR count). The Bertz CT molecular complexity index is 212. The van der Waals surface area contributed by atoms with E-state index >= 15 is 0 Å². The van der Waals surface area contributed by atoms with E-state index in [-0.39, 0.29) is 24.2 Å². The van der Waals surface area contributed by atoms with E-state index in [2.05, 4.69) is 5.32 Å². The summed E-state index contributed by atoms with van der Waals surface area (Å²) in [5, 5.41) is 12.2. The smallest absolute Gasteiger partial charge is 0.248 e. The zero-order valence-electron chi connectivity index (χ0n) is 10.2. The van der Waals surface area contributed by atoms with Crippen molar-refractivity contribution in [1.29, 1.82) is 0 Å². The molecular weight excluding hydrogens is 206 g/mol. The minimum Gasteiger partial charge on any atom is -0.393 e. The molecular formula is C12H23NO3. The van der Waals surface area contributed by atoms with Crippen molar-refractivity contribution in [3.63, 3.8) is 0 Å². The molecule has 0 radical (unpaired) electrons. The normalized spacial score (nSPS) is 27.4. The predicted octanol–water partition coefficient (Wildman–Crippen LogP) is 1.22. The molecule has 4 heteroatoms. The van der Waals surface area contributed by atoms with E-state index in [0.29, 0.717) is 6.54 Å². The van der Waals surface area contributed by atoms with Gasteiger partial charge in [-0.3, -0.25) is 4.79 Å². The Morgan fingerprint density at radius 2 is 2.06 bits per heavy atom. The van der Waals surface area contributed by atoms with Crippen molar-refractivity contribution in [3.05, 3.63) is 0 Å². The summed E-state index contributed by atoms with van der Waals surface area (Å²) in [5.41, 5.74) is 0. The highest BCUT2D eigenvalue weighted by Crippen LogP contribution is 2.22. The summed E-state index contributed by atoms with van der Waals surface area (Å²) in [7, 11) is 0. The molecule has 0 heterocycles. The molecule has 0 saturated heterocycles. The van der Waals surface area contributed by atoms with Crippen molar-refractivity contribution in [2.45, 2.75) is 64.3 Å². The third kappa shape index (κ3) is 4.49. The number of hydrogen-bond acceptors (Lipinski definition) is 3.